The van der Waals surface area contributed by atoms with Crippen LogP contribution in [0.3, 0.4) is 0 Å². The number of benzene rings is 2. The Balaban J connectivity index is 1.64. The molecule has 3 rings (SSSR count). The van der Waals surface area contributed by atoms with E-state index in [1.165, 1.54) is 12.1 Å². The van der Waals surface area contributed by atoms with E-state index in [1.807, 2.05) is 43.3 Å². The zero-order valence-corrected chi connectivity index (χ0v) is 13.9. The molecule has 0 spiro atoms. The molecule has 3 nitrogen and oxygen atoms in total. The van der Waals surface area contributed by atoms with Crippen LogP contribution in [0.15, 0.2) is 54.6 Å². The molecule has 0 heterocycles. The van der Waals surface area contributed by atoms with E-state index in [2.05, 4.69) is 5.32 Å². The molecule has 1 N–H and O–H groups in total. The van der Waals surface area contributed by atoms with Gasteiger partial charge >= 0.3 is 0 Å². The number of hydrogen-bond acceptors (Lipinski definition) is 2. The monoisotopic (exact) mass is 324 g/mol. The number of anilines is 1. The molecule has 4 heteroatoms. The molecule has 1 aliphatic rings. The van der Waals surface area contributed by atoms with Gasteiger partial charge in [-0.2, -0.15) is 0 Å². The molecule has 0 atom stereocenters. The molecule has 0 saturated heterocycles. The van der Waals surface area contributed by atoms with Crippen molar-refractivity contribution >= 4 is 17.7 Å². The predicted molar refractivity (Wildman–Crippen MR) is 95.3 cm³/mol. The summed E-state index contributed by atoms with van der Waals surface area (Å²) in [5.41, 5.74) is 2.72. The van der Waals surface area contributed by atoms with E-state index in [0.29, 0.717) is 0 Å². The molecule has 2 aromatic carbocycles. The smallest absolute Gasteiger partial charge is 0.244 e. The maximum atomic E-state index is 13.0. The van der Waals surface area contributed by atoms with E-state index in [1.54, 1.807) is 24.3 Å². The Labute approximate surface area is 141 Å². The number of nitrogens with zero attached hydrogens (tertiary/aromatic N) is 1. The molecule has 1 aliphatic carbocycles. The number of amides is 1. The molecular formula is C20H21FN2O. The first-order valence-electron chi connectivity index (χ1n) is 8.02. The number of halogens is 1. The highest BCUT2D eigenvalue weighted by Gasteiger charge is 2.45. The lowest BCUT2D eigenvalue weighted by Gasteiger charge is -2.16. The minimum absolute atomic E-state index is 0.131. The van der Waals surface area contributed by atoms with Crippen LogP contribution in [0.1, 0.15) is 24.0 Å². The Morgan fingerprint density at radius 1 is 1.08 bits per heavy atom. The molecular weight excluding hydrogens is 303 g/mol. The van der Waals surface area contributed by atoms with Crippen molar-refractivity contribution < 1.29 is 9.18 Å². The zero-order chi connectivity index (χ0) is 17.2. The van der Waals surface area contributed by atoms with Crippen molar-refractivity contribution in [2.75, 3.05) is 19.0 Å². The van der Waals surface area contributed by atoms with E-state index in [4.69, 9.17) is 0 Å². The van der Waals surface area contributed by atoms with Crippen molar-refractivity contribution in [2.45, 2.75) is 18.4 Å². The molecule has 124 valence electrons. The van der Waals surface area contributed by atoms with Gasteiger partial charge in [0.25, 0.3) is 0 Å². The lowest BCUT2D eigenvalue weighted by atomic mass is 10.0. The maximum Gasteiger partial charge on any atom is 0.244 e. The van der Waals surface area contributed by atoms with Gasteiger partial charge in [0, 0.05) is 25.9 Å². The summed E-state index contributed by atoms with van der Waals surface area (Å²) in [6, 6.07) is 14.3. The van der Waals surface area contributed by atoms with Crippen LogP contribution in [-0.2, 0) is 10.3 Å². The Bertz CT molecular complexity index is 744. The van der Waals surface area contributed by atoms with Crippen LogP contribution >= 0.6 is 0 Å². The fraction of sp³-hybridized carbons (Fsp3) is 0.250. The van der Waals surface area contributed by atoms with Gasteiger partial charge in [0.2, 0.25) is 5.91 Å². The highest BCUT2D eigenvalue weighted by molar-refractivity contribution is 5.92. The Morgan fingerprint density at radius 3 is 2.25 bits per heavy atom. The molecule has 0 aromatic heterocycles. The van der Waals surface area contributed by atoms with Gasteiger partial charge in [0.05, 0.1) is 5.54 Å². The largest absolute Gasteiger partial charge is 0.378 e. The molecule has 24 heavy (non-hydrogen) atoms. The standard InChI is InChI=1S/C20H21FN2O/c1-23(2)18-10-3-15(4-11-18)5-12-19(24)22-20(13-14-20)16-6-8-17(21)9-7-16/h3-12H,13-14H2,1-2H3,(H,22,24)/b12-5+. The van der Waals surface area contributed by atoms with Gasteiger partial charge < -0.3 is 10.2 Å². The Kier molecular flexibility index (Phi) is 4.38. The van der Waals surface area contributed by atoms with Crippen molar-refractivity contribution in [1.82, 2.24) is 5.32 Å². The molecule has 0 unspecified atom stereocenters. The number of nitrogens with one attached hydrogen (secondary N) is 1. The van der Waals surface area contributed by atoms with Gasteiger partial charge in [-0.15, -0.1) is 0 Å². The molecule has 0 aliphatic heterocycles. The second-order valence-corrected chi connectivity index (χ2v) is 6.40. The predicted octanol–water partition coefficient (Wildman–Crippen LogP) is 3.71. The van der Waals surface area contributed by atoms with E-state index >= 15 is 0 Å². The van der Waals surface area contributed by atoms with Gasteiger partial charge in [-0.1, -0.05) is 24.3 Å². The van der Waals surface area contributed by atoms with Crippen LogP contribution in [-0.4, -0.2) is 20.0 Å². The van der Waals surface area contributed by atoms with E-state index < -0.39 is 0 Å². The summed E-state index contributed by atoms with van der Waals surface area (Å²) in [5, 5.41) is 3.05. The lowest BCUT2D eigenvalue weighted by molar-refractivity contribution is -0.117. The van der Waals surface area contributed by atoms with E-state index in [9.17, 15) is 9.18 Å². The van der Waals surface area contributed by atoms with Gasteiger partial charge in [-0.25, -0.2) is 4.39 Å². The summed E-state index contributed by atoms with van der Waals surface area (Å²) in [6.45, 7) is 0. The third kappa shape index (κ3) is 3.65. The summed E-state index contributed by atoms with van der Waals surface area (Å²) < 4.78 is 13.0. The summed E-state index contributed by atoms with van der Waals surface area (Å²) in [7, 11) is 3.98. The summed E-state index contributed by atoms with van der Waals surface area (Å²) in [4.78, 5) is 14.2. The summed E-state index contributed by atoms with van der Waals surface area (Å²) in [5.74, 6) is -0.393. The fourth-order valence-corrected chi connectivity index (χ4v) is 2.71. The molecule has 0 radical (unpaired) electrons. The van der Waals surface area contributed by atoms with Crippen molar-refractivity contribution in [3.63, 3.8) is 0 Å². The number of rotatable bonds is 5. The SMILES string of the molecule is CN(C)c1ccc(/C=C/C(=O)NC2(c3ccc(F)cc3)CC2)cc1. The van der Waals surface area contributed by atoms with Crippen LogP contribution in [0.25, 0.3) is 6.08 Å². The van der Waals surface area contributed by atoms with Crippen molar-refractivity contribution in [2.24, 2.45) is 0 Å². The van der Waals surface area contributed by atoms with Crippen LogP contribution in [0.5, 0.6) is 0 Å². The highest BCUT2D eigenvalue weighted by atomic mass is 19.1. The quantitative estimate of drug-likeness (QED) is 0.850. The first kappa shape index (κ1) is 16.2. The number of carbonyl (C=O) groups is 1. The Hall–Kier alpha value is -2.62. The topological polar surface area (TPSA) is 32.3 Å². The first-order valence-corrected chi connectivity index (χ1v) is 8.02. The van der Waals surface area contributed by atoms with Gasteiger partial charge in [-0.3, -0.25) is 4.79 Å². The average Bonchev–Trinajstić information content (AvgIpc) is 3.34. The first-order chi connectivity index (χ1) is 11.5. The van der Waals surface area contributed by atoms with E-state index in [0.717, 1.165) is 29.7 Å². The van der Waals surface area contributed by atoms with Gasteiger partial charge in [0.15, 0.2) is 0 Å². The highest BCUT2D eigenvalue weighted by Crippen LogP contribution is 2.45. The minimum Gasteiger partial charge on any atom is -0.378 e. The molecule has 1 saturated carbocycles. The van der Waals surface area contributed by atoms with Crippen molar-refractivity contribution in [3.05, 3.63) is 71.6 Å². The van der Waals surface area contributed by atoms with Crippen LogP contribution in [0.2, 0.25) is 0 Å². The zero-order valence-electron chi connectivity index (χ0n) is 13.9. The number of carbonyl (C=O) groups excluding carboxylic acids is 1. The third-order valence-corrected chi connectivity index (χ3v) is 4.35. The van der Waals surface area contributed by atoms with Gasteiger partial charge in [0.1, 0.15) is 5.82 Å². The summed E-state index contributed by atoms with van der Waals surface area (Å²) in [6.07, 6.45) is 5.12. The molecule has 0 bridgehead atoms. The molecule has 2 aromatic rings. The minimum atomic E-state index is -0.329. The second kappa shape index (κ2) is 6.48. The van der Waals surface area contributed by atoms with Crippen LogP contribution in [0.4, 0.5) is 10.1 Å². The fourth-order valence-electron chi connectivity index (χ4n) is 2.71. The second-order valence-electron chi connectivity index (χ2n) is 6.40. The van der Waals surface area contributed by atoms with Crippen molar-refractivity contribution in [1.29, 1.82) is 0 Å². The molecule has 1 fully saturated rings. The average molecular weight is 324 g/mol. The third-order valence-electron chi connectivity index (χ3n) is 4.35. The Morgan fingerprint density at radius 2 is 1.71 bits per heavy atom. The van der Waals surface area contributed by atoms with Crippen LogP contribution in [0, 0.1) is 5.82 Å². The number of hydrogen-bond donors (Lipinski definition) is 1. The van der Waals surface area contributed by atoms with Crippen LogP contribution < -0.4 is 10.2 Å². The normalized spacial score (nSPS) is 15.3. The lowest BCUT2D eigenvalue weighted by Crippen LogP contribution is -2.33. The maximum absolute atomic E-state index is 13.0. The van der Waals surface area contributed by atoms with E-state index in [-0.39, 0.29) is 17.3 Å². The molecule has 1 amide bonds. The van der Waals surface area contributed by atoms with Crippen molar-refractivity contribution in [3.8, 4) is 0 Å². The summed E-state index contributed by atoms with van der Waals surface area (Å²) >= 11 is 0. The van der Waals surface area contributed by atoms with Gasteiger partial charge in [-0.05, 0) is 54.3 Å².